The van der Waals surface area contributed by atoms with Gasteiger partial charge in [0.05, 0.1) is 0 Å². The summed E-state index contributed by atoms with van der Waals surface area (Å²) in [6, 6.07) is 0. The van der Waals surface area contributed by atoms with Crippen molar-refractivity contribution in [1.82, 2.24) is 9.03 Å². The standard InChI is InChI=1S/C11H20F4N2O5S2/c1-3-5-7-17(8-6-4-2)10(18)9(12)23(19,20)16-24(21,22)11(13,14)15/h9,16H,3-8H2,1-2H3. The first-order valence-corrected chi connectivity index (χ1v) is 10.1. The van der Waals surface area contributed by atoms with Crippen molar-refractivity contribution in [2.45, 2.75) is 50.5 Å². The van der Waals surface area contributed by atoms with Gasteiger partial charge in [-0.3, -0.25) is 4.79 Å². The molecule has 0 heterocycles. The number of unbranched alkanes of at least 4 members (excludes halogenated alkanes) is 2. The number of carbonyl (C=O) groups is 1. The first kappa shape index (κ1) is 23.1. The van der Waals surface area contributed by atoms with Gasteiger partial charge in [-0.15, -0.1) is 0 Å². The summed E-state index contributed by atoms with van der Waals surface area (Å²) in [5.41, 5.74) is -9.41. The summed E-state index contributed by atoms with van der Waals surface area (Å²) in [5.74, 6) is -1.60. The summed E-state index contributed by atoms with van der Waals surface area (Å²) >= 11 is 0. The molecule has 1 atom stereocenters. The van der Waals surface area contributed by atoms with Crippen molar-refractivity contribution in [2.75, 3.05) is 13.1 Å². The Hall–Kier alpha value is -0.950. The zero-order valence-corrected chi connectivity index (χ0v) is 14.8. The molecule has 0 radical (unpaired) electrons. The van der Waals surface area contributed by atoms with Crippen molar-refractivity contribution >= 4 is 26.0 Å². The predicted octanol–water partition coefficient (Wildman–Crippen LogP) is 1.48. The summed E-state index contributed by atoms with van der Waals surface area (Å²) in [7, 11) is -12.1. The van der Waals surface area contributed by atoms with E-state index in [4.69, 9.17) is 0 Å². The van der Waals surface area contributed by atoms with Crippen LogP contribution in [0.15, 0.2) is 0 Å². The quantitative estimate of drug-likeness (QED) is 0.560. The molecule has 0 bridgehead atoms. The fourth-order valence-electron chi connectivity index (χ4n) is 1.55. The van der Waals surface area contributed by atoms with Crippen LogP contribution in [0.2, 0.25) is 0 Å². The second kappa shape index (κ2) is 8.94. The maximum Gasteiger partial charge on any atom is 0.512 e. The zero-order valence-electron chi connectivity index (χ0n) is 13.1. The number of halogens is 4. The van der Waals surface area contributed by atoms with E-state index in [1.165, 1.54) is 0 Å². The van der Waals surface area contributed by atoms with Crippen LogP contribution in [0.1, 0.15) is 39.5 Å². The van der Waals surface area contributed by atoms with E-state index >= 15 is 0 Å². The van der Waals surface area contributed by atoms with Crippen LogP contribution in [-0.2, 0) is 24.8 Å². The molecule has 0 saturated heterocycles. The lowest BCUT2D eigenvalue weighted by molar-refractivity contribution is -0.133. The number of rotatable bonds is 10. The summed E-state index contributed by atoms with van der Waals surface area (Å²) < 4.78 is 95.3. The molecule has 0 aliphatic carbocycles. The molecule has 0 fully saturated rings. The molecule has 0 rings (SSSR count). The maximum atomic E-state index is 13.9. The molecule has 0 aromatic carbocycles. The van der Waals surface area contributed by atoms with Gasteiger partial charge in [-0.2, -0.15) is 13.2 Å². The monoisotopic (exact) mass is 400 g/mol. The van der Waals surface area contributed by atoms with Crippen molar-refractivity contribution in [3.05, 3.63) is 0 Å². The number of sulfonamides is 2. The Morgan fingerprint density at radius 3 is 1.79 bits per heavy atom. The van der Waals surface area contributed by atoms with Crippen LogP contribution in [-0.4, -0.2) is 51.7 Å². The minimum atomic E-state index is -6.34. The lowest BCUT2D eigenvalue weighted by Crippen LogP contribution is -2.49. The summed E-state index contributed by atoms with van der Waals surface area (Å²) in [6.07, 6.45) is 2.08. The average molecular weight is 400 g/mol. The van der Waals surface area contributed by atoms with Gasteiger partial charge in [-0.25, -0.2) is 21.2 Å². The number of nitrogens with one attached hydrogen (secondary N) is 1. The van der Waals surface area contributed by atoms with Crippen molar-refractivity contribution in [1.29, 1.82) is 0 Å². The molecule has 1 unspecified atom stereocenters. The normalized spacial score (nSPS) is 14.4. The van der Waals surface area contributed by atoms with E-state index < -0.39 is 37.0 Å². The molecule has 1 amide bonds. The van der Waals surface area contributed by atoms with Gasteiger partial charge in [0.25, 0.3) is 21.4 Å². The van der Waals surface area contributed by atoms with Gasteiger partial charge in [0.15, 0.2) is 0 Å². The van der Waals surface area contributed by atoms with E-state index in [0.29, 0.717) is 25.7 Å². The number of hydrogen-bond acceptors (Lipinski definition) is 5. The third kappa shape index (κ3) is 6.51. The van der Waals surface area contributed by atoms with Gasteiger partial charge >= 0.3 is 15.5 Å². The number of hydrogen-bond donors (Lipinski definition) is 1. The third-order valence-electron chi connectivity index (χ3n) is 2.87. The van der Waals surface area contributed by atoms with Gasteiger partial charge < -0.3 is 4.90 Å². The van der Waals surface area contributed by atoms with E-state index in [2.05, 4.69) is 0 Å². The second-order valence-corrected chi connectivity index (χ2v) is 8.57. The molecule has 7 nitrogen and oxygen atoms in total. The Bertz CT molecular complexity index is 611. The van der Waals surface area contributed by atoms with Crippen molar-refractivity contribution < 1.29 is 39.2 Å². The Morgan fingerprint density at radius 2 is 1.46 bits per heavy atom. The molecule has 0 aromatic rings. The molecular formula is C11H20F4N2O5S2. The zero-order chi connectivity index (χ0) is 19.2. The van der Waals surface area contributed by atoms with Crippen LogP contribution >= 0.6 is 0 Å². The number of amides is 1. The molecule has 24 heavy (non-hydrogen) atoms. The highest BCUT2D eigenvalue weighted by Crippen LogP contribution is 2.23. The minimum Gasteiger partial charge on any atom is -0.339 e. The first-order chi connectivity index (χ1) is 10.8. The topological polar surface area (TPSA) is 101 Å². The minimum absolute atomic E-state index is 0.0112. The highest BCUT2D eigenvalue weighted by molar-refractivity contribution is 8.05. The SMILES string of the molecule is CCCCN(CCCC)C(=O)C(F)S(=O)(=O)NS(=O)(=O)C(F)(F)F. The molecule has 0 aromatic heterocycles. The third-order valence-corrected chi connectivity index (χ3v) is 6.03. The molecular weight excluding hydrogens is 380 g/mol. The van der Waals surface area contributed by atoms with Gasteiger partial charge in [0, 0.05) is 13.1 Å². The van der Waals surface area contributed by atoms with Crippen LogP contribution in [0.3, 0.4) is 0 Å². The summed E-state index contributed by atoms with van der Waals surface area (Å²) in [5, 5.41) is 0. The van der Waals surface area contributed by atoms with E-state index in [-0.39, 0.29) is 17.2 Å². The molecule has 144 valence electrons. The fourth-order valence-corrected chi connectivity index (χ4v) is 3.90. The molecule has 1 N–H and O–H groups in total. The molecule has 0 aliphatic rings. The number of alkyl halides is 4. The first-order valence-electron chi connectivity index (χ1n) is 7.06. The van der Waals surface area contributed by atoms with Crippen molar-refractivity contribution in [3.63, 3.8) is 0 Å². The van der Waals surface area contributed by atoms with Crippen LogP contribution in [0.5, 0.6) is 0 Å². The Morgan fingerprint density at radius 1 is 1.04 bits per heavy atom. The van der Waals surface area contributed by atoms with Crippen LogP contribution < -0.4 is 4.13 Å². The number of carbonyl (C=O) groups excluding carboxylic acids is 1. The van der Waals surface area contributed by atoms with Gasteiger partial charge in [-0.05, 0) is 12.8 Å². The lowest BCUT2D eigenvalue weighted by Gasteiger charge is -2.24. The number of nitrogens with zero attached hydrogens (tertiary/aromatic N) is 1. The van der Waals surface area contributed by atoms with Crippen LogP contribution in [0.4, 0.5) is 17.6 Å². The van der Waals surface area contributed by atoms with Crippen molar-refractivity contribution in [2.24, 2.45) is 0 Å². The summed E-state index contributed by atoms with van der Waals surface area (Å²) in [6.45, 7) is 3.56. The Kier molecular flexibility index (Phi) is 8.59. The largest absolute Gasteiger partial charge is 0.512 e. The van der Waals surface area contributed by atoms with E-state index in [1.807, 2.05) is 0 Å². The lowest BCUT2D eigenvalue weighted by atomic mass is 10.2. The van der Waals surface area contributed by atoms with Crippen LogP contribution in [0, 0.1) is 0 Å². The van der Waals surface area contributed by atoms with E-state index in [0.717, 1.165) is 4.90 Å². The Balaban J connectivity index is 5.32. The predicted molar refractivity (Wildman–Crippen MR) is 78.3 cm³/mol. The van der Waals surface area contributed by atoms with Gasteiger partial charge in [0.2, 0.25) is 0 Å². The van der Waals surface area contributed by atoms with E-state index in [1.54, 1.807) is 13.8 Å². The molecule has 0 aliphatic heterocycles. The smallest absolute Gasteiger partial charge is 0.339 e. The maximum absolute atomic E-state index is 13.9. The Labute approximate surface area is 138 Å². The van der Waals surface area contributed by atoms with Gasteiger partial charge in [0.1, 0.15) is 0 Å². The highest BCUT2D eigenvalue weighted by atomic mass is 32.3. The van der Waals surface area contributed by atoms with Gasteiger partial charge in [-0.1, -0.05) is 30.8 Å². The molecule has 0 saturated carbocycles. The molecule has 0 spiro atoms. The highest BCUT2D eigenvalue weighted by Gasteiger charge is 2.50. The van der Waals surface area contributed by atoms with Crippen molar-refractivity contribution in [3.8, 4) is 0 Å². The average Bonchev–Trinajstić information content (AvgIpc) is 2.43. The second-order valence-electron chi connectivity index (χ2n) is 4.93. The molecule has 13 heteroatoms. The van der Waals surface area contributed by atoms with Crippen LogP contribution in [0.25, 0.3) is 0 Å². The summed E-state index contributed by atoms with van der Waals surface area (Å²) in [4.78, 5) is 12.8. The fraction of sp³-hybridized carbons (Fsp3) is 0.909. The van der Waals surface area contributed by atoms with E-state index in [9.17, 15) is 39.2 Å².